The molecule has 0 aromatic carbocycles. The van der Waals surface area contributed by atoms with Gasteiger partial charge >= 0.3 is 46.2 Å². The first kappa shape index (κ1) is 6.29. The van der Waals surface area contributed by atoms with Crippen LogP contribution >= 0.6 is 6.87 Å². The van der Waals surface area contributed by atoms with E-state index in [-0.39, 0.29) is 0 Å². The number of rotatable bonds is 2. The first-order chi connectivity index (χ1) is 2.91. The summed E-state index contributed by atoms with van der Waals surface area (Å²) in [5.74, 6) is 1.90. The molecule has 0 aliphatic heterocycles. The van der Waals surface area contributed by atoms with Crippen LogP contribution in [0.4, 0.5) is 0 Å². The van der Waals surface area contributed by atoms with Gasteiger partial charge in [0, 0.05) is 0 Å². The summed E-state index contributed by atoms with van der Waals surface area (Å²) >= 11 is 3.93. The number of hydrogen-bond donors (Lipinski definition) is 0. The van der Waals surface area contributed by atoms with Crippen LogP contribution in [0.15, 0.2) is 24.5 Å². The maximum atomic E-state index is 3.93. The van der Waals surface area contributed by atoms with Crippen LogP contribution in [0.1, 0.15) is 0 Å². The van der Waals surface area contributed by atoms with E-state index < -0.39 is 0 Å². The van der Waals surface area contributed by atoms with E-state index in [1.54, 1.807) is 6.08 Å². The van der Waals surface area contributed by atoms with Crippen LogP contribution in [0.25, 0.3) is 0 Å². The zero-order valence-electron chi connectivity index (χ0n) is 3.22. The Morgan fingerprint density at radius 3 is 2.50 bits per heavy atom. The third-order valence-electron chi connectivity index (χ3n) is 0.272. The Bertz CT molecular complexity index is 65.6. The molecular weight excluding hydrogens is 138 g/mol. The zero-order valence-corrected chi connectivity index (χ0v) is 5.16. The molecular formula is C4H5CoP. The van der Waals surface area contributed by atoms with E-state index in [0.29, 0.717) is 0 Å². The molecule has 35 valence electrons. The molecule has 0 radical (unpaired) electrons. The summed E-state index contributed by atoms with van der Waals surface area (Å²) in [6.07, 6.45) is 3.58. The summed E-state index contributed by atoms with van der Waals surface area (Å²) in [6, 6.07) is 0. The van der Waals surface area contributed by atoms with E-state index in [9.17, 15) is 0 Å². The second-order valence-corrected chi connectivity index (χ2v) is 1.94. The molecule has 0 heterocycles. The van der Waals surface area contributed by atoms with E-state index in [1.165, 1.54) is 0 Å². The maximum absolute atomic E-state index is 3.93. The summed E-state index contributed by atoms with van der Waals surface area (Å²) in [7, 11) is 0. The Balaban J connectivity index is 3.17. The fourth-order valence-corrected chi connectivity index (χ4v) is 0.537. The molecule has 0 aliphatic carbocycles. The quantitative estimate of drug-likeness (QED) is 0.410. The molecule has 0 N–H and O–H groups in total. The fourth-order valence-electron chi connectivity index (χ4n) is 0.0895. The van der Waals surface area contributed by atoms with Crippen molar-refractivity contribution < 1.29 is 14.8 Å². The van der Waals surface area contributed by atoms with Crippen molar-refractivity contribution in [3.05, 3.63) is 24.5 Å². The van der Waals surface area contributed by atoms with Gasteiger partial charge in [-0.3, -0.25) is 0 Å². The van der Waals surface area contributed by atoms with Gasteiger partial charge in [0.05, 0.1) is 0 Å². The molecule has 0 saturated carbocycles. The molecule has 0 aromatic heterocycles. The van der Waals surface area contributed by atoms with Gasteiger partial charge in [-0.1, -0.05) is 0 Å². The fraction of sp³-hybridized carbons (Fsp3) is 0. The van der Waals surface area contributed by atoms with Gasteiger partial charge in [0.2, 0.25) is 0 Å². The summed E-state index contributed by atoms with van der Waals surface area (Å²) in [5, 5.41) is 0. The number of hydrogen-bond acceptors (Lipinski definition) is 0. The van der Waals surface area contributed by atoms with Crippen LogP contribution in [0.2, 0.25) is 0 Å². The summed E-state index contributed by atoms with van der Waals surface area (Å²) in [6.45, 7) is 4.45. The second-order valence-electron chi connectivity index (χ2n) is 0.663. The van der Waals surface area contributed by atoms with E-state index >= 15 is 0 Å². The topological polar surface area (TPSA) is 0 Å². The third-order valence-corrected chi connectivity index (χ3v) is 1.01. The van der Waals surface area contributed by atoms with Crippen LogP contribution in [0.3, 0.4) is 0 Å². The van der Waals surface area contributed by atoms with Crippen molar-refractivity contribution in [1.29, 1.82) is 0 Å². The van der Waals surface area contributed by atoms with Crippen molar-refractivity contribution in [2.24, 2.45) is 0 Å². The van der Waals surface area contributed by atoms with Crippen LogP contribution in [0, 0.1) is 0 Å². The van der Waals surface area contributed by atoms with Crippen molar-refractivity contribution in [2.45, 2.75) is 0 Å². The molecule has 0 rings (SSSR count). The van der Waals surface area contributed by atoms with Crippen molar-refractivity contribution >= 4 is 6.87 Å². The Hall–Kier alpha value is 0.286. The molecule has 0 amide bonds. The van der Waals surface area contributed by atoms with Gasteiger partial charge in [0.1, 0.15) is 0 Å². The van der Waals surface area contributed by atoms with Crippen LogP contribution in [-0.2, 0) is 14.8 Å². The van der Waals surface area contributed by atoms with Gasteiger partial charge in [-0.25, -0.2) is 0 Å². The van der Waals surface area contributed by atoms with Crippen LogP contribution < -0.4 is 0 Å². The molecule has 6 heavy (non-hydrogen) atoms. The Morgan fingerprint density at radius 1 is 1.67 bits per heavy atom. The minimum absolute atomic E-state index is 0.981. The summed E-state index contributed by atoms with van der Waals surface area (Å²) in [4.78, 5) is 0. The van der Waals surface area contributed by atoms with Crippen molar-refractivity contribution in [3.8, 4) is 0 Å². The van der Waals surface area contributed by atoms with Crippen molar-refractivity contribution in [3.63, 3.8) is 0 Å². The van der Waals surface area contributed by atoms with Gasteiger partial charge in [0.25, 0.3) is 0 Å². The van der Waals surface area contributed by atoms with Gasteiger partial charge in [-0.15, -0.1) is 0 Å². The molecule has 2 heteroatoms. The van der Waals surface area contributed by atoms with Gasteiger partial charge in [0.15, 0.2) is 0 Å². The molecule has 0 spiro atoms. The molecule has 0 bridgehead atoms. The molecule has 0 aromatic rings. The predicted molar refractivity (Wildman–Crippen MR) is 26.3 cm³/mol. The van der Waals surface area contributed by atoms with Gasteiger partial charge in [-0.2, -0.15) is 0 Å². The Morgan fingerprint density at radius 2 is 2.33 bits per heavy atom. The first-order valence-corrected chi connectivity index (χ1v) is 3.69. The van der Waals surface area contributed by atoms with Crippen molar-refractivity contribution in [1.82, 2.24) is 0 Å². The monoisotopic (exact) mass is 143 g/mol. The normalized spacial score (nSPS) is 10.2. The predicted octanol–water partition coefficient (Wildman–Crippen LogP) is 2.09. The van der Waals surface area contributed by atoms with E-state index in [2.05, 4.69) is 21.4 Å². The molecule has 0 aliphatic rings. The van der Waals surface area contributed by atoms with Gasteiger partial charge < -0.3 is 0 Å². The van der Waals surface area contributed by atoms with Crippen LogP contribution in [-0.4, -0.2) is 0 Å². The second kappa shape index (κ2) is 5.29. The third kappa shape index (κ3) is 4.29. The molecule has 0 nitrogen and oxygen atoms in total. The standard InChI is InChI=1S/C4H5P.Co/c1-2-3-4-5;/h2-4H,1H2;/b4-3-;. The zero-order chi connectivity index (χ0) is 4.83. The molecule has 0 unspecified atom stereocenters. The number of allylic oxidation sites excluding steroid dienone is 2. The minimum atomic E-state index is 0.981. The van der Waals surface area contributed by atoms with Crippen molar-refractivity contribution in [2.75, 3.05) is 0 Å². The van der Waals surface area contributed by atoms with E-state index in [1.807, 2.05) is 11.9 Å². The first-order valence-electron chi connectivity index (χ1n) is 1.48. The van der Waals surface area contributed by atoms with E-state index in [4.69, 9.17) is 0 Å². The molecule has 0 saturated heterocycles. The average Bonchev–Trinajstić information content (AvgIpc) is 1.61. The van der Waals surface area contributed by atoms with Gasteiger partial charge in [-0.05, 0) is 0 Å². The van der Waals surface area contributed by atoms with Crippen LogP contribution in [0.5, 0.6) is 0 Å². The summed E-state index contributed by atoms with van der Waals surface area (Å²) in [5.41, 5.74) is 0. The Kier molecular flexibility index (Phi) is 5.54. The van der Waals surface area contributed by atoms with E-state index in [0.717, 1.165) is 6.87 Å². The average molecular weight is 143 g/mol. The Labute approximate surface area is 46.8 Å². The SMILES string of the molecule is C=C/C=C\[P]=[Co]. The molecule has 0 fully saturated rings. The summed E-state index contributed by atoms with van der Waals surface area (Å²) < 4.78 is 0. The molecule has 0 atom stereocenters.